The topological polar surface area (TPSA) is 59.2 Å². The molecule has 5 heteroatoms. The molecule has 0 aliphatic carbocycles. The maximum atomic E-state index is 12.0. The number of nitrogens with one attached hydrogen (secondary N) is 1. The first-order valence-electron chi connectivity index (χ1n) is 7.13. The van der Waals surface area contributed by atoms with Gasteiger partial charge in [0, 0.05) is 27.1 Å². The molecule has 0 saturated heterocycles. The van der Waals surface area contributed by atoms with Crippen LogP contribution in [0.25, 0.3) is 10.9 Å². The van der Waals surface area contributed by atoms with Gasteiger partial charge in [-0.1, -0.05) is 46.3 Å². The van der Waals surface area contributed by atoms with Gasteiger partial charge in [0.25, 0.3) is 0 Å². The van der Waals surface area contributed by atoms with E-state index >= 15 is 0 Å². The normalized spacial score (nSPS) is 10.7. The summed E-state index contributed by atoms with van der Waals surface area (Å²) in [6, 6.07) is 14.7. The van der Waals surface area contributed by atoms with E-state index in [1.807, 2.05) is 24.3 Å². The van der Waals surface area contributed by atoms with Gasteiger partial charge in [0.15, 0.2) is 12.4 Å². The third-order valence-electron chi connectivity index (χ3n) is 3.54. The molecule has 0 aliphatic rings. The molecule has 4 nitrogen and oxygen atoms in total. The maximum absolute atomic E-state index is 12.0. The van der Waals surface area contributed by atoms with Gasteiger partial charge in [0.05, 0.1) is 6.42 Å². The van der Waals surface area contributed by atoms with Crippen LogP contribution in [0.4, 0.5) is 0 Å². The largest absolute Gasteiger partial charge is 0.457 e. The number of ketones is 1. The average Bonchev–Trinajstić information content (AvgIpc) is 2.96. The van der Waals surface area contributed by atoms with Crippen LogP contribution in [0.1, 0.15) is 15.9 Å². The molecule has 116 valence electrons. The minimum absolute atomic E-state index is 0.137. The van der Waals surface area contributed by atoms with Gasteiger partial charge in [-0.3, -0.25) is 9.59 Å². The lowest BCUT2D eigenvalue weighted by Gasteiger charge is -2.04. The monoisotopic (exact) mass is 371 g/mol. The first-order valence-corrected chi connectivity index (χ1v) is 7.92. The van der Waals surface area contributed by atoms with E-state index < -0.39 is 5.97 Å². The van der Waals surface area contributed by atoms with Gasteiger partial charge in [-0.2, -0.15) is 0 Å². The number of para-hydroxylation sites is 1. The molecule has 3 aromatic rings. The van der Waals surface area contributed by atoms with E-state index in [1.165, 1.54) is 0 Å². The zero-order valence-electron chi connectivity index (χ0n) is 12.2. The Labute approximate surface area is 141 Å². The Kier molecular flexibility index (Phi) is 4.57. The first kappa shape index (κ1) is 15.5. The van der Waals surface area contributed by atoms with E-state index in [-0.39, 0.29) is 18.8 Å². The Morgan fingerprint density at radius 3 is 2.57 bits per heavy atom. The number of aromatic amines is 1. The number of H-pyrrole nitrogens is 1. The summed E-state index contributed by atoms with van der Waals surface area (Å²) >= 11 is 3.31. The SMILES string of the molecule is O=C(Cc1c[nH]c2ccccc12)OCC(=O)c1ccc(Br)cc1. The molecule has 1 aromatic heterocycles. The van der Waals surface area contributed by atoms with Gasteiger partial charge in [-0.05, 0) is 23.8 Å². The minimum Gasteiger partial charge on any atom is -0.457 e. The first-order chi connectivity index (χ1) is 11.1. The number of hydrogen-bond donors (Lipinski definition) is 1. The van der Waals surface area contributed by atoms with Crippen molar-refractivity contribution in [1.29, 1.82) is 0 Å². The summed E-state index contributed by atoms with van der Waals surface area (Å²) < 4.78 is 5.99. The Bertz CT molecular complexity index is 852. The summed E-state index contributed by atoms with van der Waals surface area (Å²) in [5.74, 6) is -0.634. The number of ether oxygens (including phenoxy) is 1. The Hall–Kier alpha value is -2.40. The van der Waals surface area contributed by atoms with E-state index in [1.54, 1.807) is 30.5 Å². The highest BCUT2D eigenvalue weighted by molar-refractivity contribution is 9.10. The number of benzene rings is 2. The zero-order valence-corrected chi connectivity index (χ0v) is 13.8. The number of rotatable bonds is 5. The standard InChI is InChI=1S/C18H14BrNO3/c19-14-7-5-12(6-8-14)17(21)11-23-18(22)9-13-10-20-16-4-2-1-3-15(13)16/h1-8,10,20H,9,11H2. The summed E-state index contributed by atoms with van der Waals surface area (Å²) in [5, 5.41) is 0.990. The summed E-state index contributed by atoms with van der Waals surface area (Å²) in [6.07, 6.45) is 1.93. The van der Waals surface area contributed by atoms with Crippen LogP contribution < -0.4 is 0 Å². The van der Waals surface area contributed by atoms with Gasteiger partial charge < -0.3 is 9.72 Å². The van der Waals surface area contributed by atoms with Crippen molar-refractivity contribution in [3.8, 4) is 0 Å². The molecule has 0 atom stereocenters. The van der Waals surface area contributed by atoms with E-state index in [0.29, 0.717) is 5.56 Å². The van der Waals surface area contributed by atoms with Crippen molar-refractivity contribution in [3.05, 3.63) is 70.3 Å². The molecule has 3 rings (SSSR count). The second-order valence-corrected chi connectivity index (χ2v) is 6.04. The van der Waals surface area contributed by atoms with Crippen molar-refractivity contribution >= 4 is 38.6 Å². The highest BCUT2D eigenvalue weighted by Crippen LogP contribution is 2.18. The molecule has 0 radical (unpaired) electrons. The molecular weight excluding hydrogens is 358 g/mol. The number of hydrogen-bond acceptors (Lipinski definition) is 3. The highest BCUT2D eigenvalue weighted by atomic mass is 79.9. The van der Waals surface area contributed by atoms with Crippen LogP contribution >= 0.6 is 15.9 Å². The van der Waals surface area contributed by atoms with Crippen LogP contribution in [0.15, 0.2) is 59.2 Å². The van der Waals surface area contributed by atoms with E-state index in [4.69, 9.17) is 4.74 Å². The van der Waals surface area contributed by atoms with Gasteiger partial charge in [-0.25, -0.2) is 0 Å². The Morgan fingerprint density at radius 2 is 1.78 bits per heavy atom. The molecule has 0 bridgehead atoms. The van der Waals surface area contributed by atoms with Gasteiger partial charge >= 0.3 is 5.97 Å². The van der Waals surface area contributed by atoms with E-state index in [9.17, 15) is 9.59 Å². The fourth-order valence-corrected chi connectivity index (χ4v) is 2.61. The van der Waals surface area contributed by atoms with Crippen molar-refractivity contribution in [2.75, 3.05) is 6.61 Å². The maximum Gasteiger partial charge on any atom is 0.310 e. The molecule has 0 amide bonds. The molecule has 23 heavy (non-hydrogen) atoms. The predicted molar refractivity (Wildman–Crippen MR) is 91.4 cm³/mol. The molecule has 0 saturated carbocycles. The van der Waals surface area contributed by atoms with Gasteiger partial charge in [-0.15, -0.1) is 0 Å². The number of Topliss-reactive ketones (excluding diaryl/α,β-unsaturated/α-hetero) is 1. The average molecular weight is 372 g/mol. The lowest BCUT2D eigenvalue weighted by Crippen LogP contribution is -2.15. The zero-order chi connectivity index (χ0) is 16.2. The van der Waals surface area contributed by atoms with Crippen molar-refractivity contribution in [1.82, 2.24) is 4.98 Å². The molecule has 2 aromatic carbocycles. The number of carbonyl (C=O) groups is 2. The van der Waals surface area contributed by atoms with Crippen LogP contribution in [0.2, 0.25) is 0 Å². The summed E-state index contributed by atoms with van der Waals surface area (Å²) in [4.78, 5) is 27.0. The van der Waals surface area contributed by atoms with E-state index in [2.05, 4.69) is 20.9 Å². The summed E-state index contributed by atoms with van der Waals surface area (Å²) in [6.45, 7) is -0.247. The number of esters is 1. The third kappa shape index (κ3) is 3.68. The van der Waals surface area contributed by atoms with Crippen molar-refractivity contribution in [2.45, 2.75) is 6.42 Å². The molecule has 0 unspecified atom stereocenters. The fourth-order valence-electron chi connectivity index (χ4n) is 2.35. The minimum atomic E-state index is -0.416. The second kappa shape index (κ2) is 6.79. The molecule has 1 heterocycles. The van der Waals surface area contributed by atoms with Crippen LogP contribution in [0.3, 0.4) is 0 Å². The van der Waals surface area contributed by atoms with E-state index in [0.717, 1.165) is 20.9 Å². The lowest BCUT2D eigenvalue weighted by molar-refractivity contribution is -0.141. The number of halogens is 1. The van der Waals surface area contributed by atoms with Gasteiger partial charge in [0.1, 0.15) is 0 Å². The number of carbonyl (C=O) groups excluding carboxylic acids is 2. The van der Waals surface area contributed by atoms with Crippen molar-refractivity contribution in [2.24, 2.45) is 0 Å². The molecule has 0 aliphatic heterocycles. The van der Waals surface area contributed by atoms with Crippen LogP contribution in [0, 0.1) is 0 Å². The molecular formula is C18H14BrNO3. The fraction of sp³-hybridized carbons (Fsp3) is 0.111. The number of aromatic nitrogens is 1. The van der Waals surface area contributed by atoms with Crippen molar-refractivity contribution in [3.63, 3.8) is 0 Å². The Balaban J connectivity index is 1.59. The second-order valence-electron chi connectivity index (χ2n) is 5.13. The summed E-state index contributed by atoms with van der Waals surface area (Å²) in [5.41, 5.74) is 2.36. The summed E-state index contributed by atoms with van der Waals surface area (Å²) in [7, 11) is 0. The number of fused-ring (bicyclic) bond motifs is 1. The van der Waals surface area contributed by atoms with Gasteiger partial charge in [0.2, 0.25) is 0 Å². The highest BCUT2D eigenvalue weighted by Gasteiger charge is 2.12. The molecule has 0 spiro atoms. The smallest absolute Gasteiger partial charge is 0.310 e. The van der Waals surface area contributed by atoms with Crippen molar-refractivity contribution < 1.29 is 14.3 Å². The molecule has 0 fully saturated rings. The Morgan fingerprint density at radius 1 is 1.04 bits per heavy atom. The van der Waals surface area contributed by atoms with Crippen LogP contribution in [-0.2, 0) is 16.0 Å². The predicted octanol–water partition coefficient (Wildman–Crippen LogP) is 3.90. The lowest BCUT2D eigenvalue weighted by atomic mass is 10.1. The van der Waals surface area contributed by atoms with Crippen LogP contribution in [0.5, 0.6) is 0 Å². The molecule has 1 N–H and O–H groups in total. The quantitative estimate of drug-likeness (QED) is 0.546. The third-order valence-corrected chi connectivity index (χ3v) is 4.07. The van der Waals surface area contributed by atoms with Crippen LogP contribution in [-0.4, -0.2) is 23.3 Å².